The molecule has 1 saturated heterocycles. The number of rotatable bonds is 7. The van der Waals surface area contributed by atoms with Gasteiger partial charge in [-0.2, -0.15) is 0 Å². The van der Waals surface area contributed by atoms with Gasteiger partial charge in [0.1, 0.15) is 0 Å². The van der Waals surface area contributed by atoms with Gasteiger partial charge in [-0.05, 0) is 32.2 Å². The summed E-state index contributed by atoms with van der Waals surface area (Å²) in [5, 5.41) is 3.60. The molecule has 0 aromatic carbocycles. The molecule has 0 bridgehead atoms. The molecular weight excluding hydrogens is 200 g/mol. The predicted molar refractivity (Wildman–Crippen MR) is 68.5 cm³/mol. The topological polar surface area (TPSA) is 47.3 Å². The molecule has 2 unspecified atom stereocenters. The third-order valence-corrected chi connectivity index (χ3v) is 3.40. The van der Waals surface area contributed by atoms with Gasteiger partial charge in [0, 0.05) is 18.7 Å². The second-order valence-electron chi connectivity index (χ2n) is 4.72. The average Bonchev–Trinajstić information content (AvgIpc) is 2.30. The molecule has 3 nitrogen and oxygen atoms in total. The van der Waals surface area contributed by atoms with Crippen molar-refractivity contribution in [1.82, 2.24) is 5.32 Å². The first kappa shape index (κ1) is 13.7. The van der Waals surface area contributed by atoms with Gasteiger partial charge in [0.05, 0.1) is 6.10 Å². The molecule has 0 amide bonds. The molecule has 0 aromatic heterocycles. The van der Waals surface area contributed by atoms with Crippen LogP contribution in [0.15, 0.2) is 12.7 Å². The zero-order valence-electron chi connectivity index (χ0n) is 10.5. The Hall–Kier alpha value is -0.380. The highest BCUT2D eigenvalue weighted by atomic mass is 16.5. The minimum atomic E-state index is 0.0983. The predicted octanol–water partition coefficient (Wildman–Crippen LogP) is 1.83. The molecule has 0 spiro atoms. The summed E-state index contributed by atoms with van der Waals surface area (Å²) in [6.45, 7) is 8.45. The van der Waals surface area contributed by atoms with Crippen LogP contribution in [0.1, 0.15) is 39.0 Å². The molecule has 2 atom stereocenters. The minimum Gasteiger partial charge on any atom is -0.378 e. The van der Waals surface area contributed by atoms with Gasteiger partial charge in [0.15, 0.2) is 0 Å². The van der Waals surface area contributed by atoms with Crippen LogP contribution in [0.4, 0.5) is 0 Å². The molecule has 3 heteroatoms. The molecule has 3 N–H and O–H groups in total. The number of nitrogens with one attached hydrogen (secondary N) is 1. The third-order valence-electron chi connectivity index (χ3n) is 3.40. The zero-order valence-corrected chi connectivity index (χ0v) is 10.5. The monoisotopic (exact) mass is 226 g/mol. The highest BCUT2D eigenvalue weighted by Gasteiger charge is 2.34. The first-order chi connectivity index (χ1) is 7.76. The Morgan fingerprint density at radius 1 is 1.62 bits per heavy atom. The first-order valence-electron chi connectivity index (χ1n) is 6.44. The van der Waals surface area contributed by atoms with Crippen molar-refractivity contribution in [2.24, 2.45) is 5.73 Å². The normalized spacial score (nSPS) is 30.2. The fourth-order valence-corrected chi connectivity index (χ4v) is 2.38. The largest absolute Gasteiger partial charge is 0.378 e. The number of nitrogens with two attached hydrogens (primary N) is 1. The van der Waals surface area contributed by atoms with Crippen LogP contribution in [0.25, 0.3) is 0 Å². The van der Waals surface area contributed by atoms with Crippen LogP contribution < -0.4 is 11.1 Å². The Morgan fingerprint density at radius 2 is 2.44 bits per heavy atom. The Morgan fingerprint density at radius 3 is 3.06 bits per heavy atom. The van der Waals surface area contributed by atoms with Gasteiger partial charge in [0.2, 0.25) is 0 Å². The summed E-state index contributed by atoms with van der Waals surface area (Å²) >= 11 is 0. The summed E-state index contributed by atoms with van der Waals surface area (Å²) in [6.07, 6.45) is 7.73. The molecule has 1 heterocycles. The highest BCUT2D eigenvalue weighted by Crippen LogP contribution is 2.26. The molecule has 94 valence electrons. The van der Waals surface area contributed by atoms with Crippen LogP contribution in [-0.2, 0) is 4.74 Å². The van der Waals surface area contributed by atoms with E-state index in [1.807, 2.05) is 6.08 Å². The maximum atomic E-state index is 5.93. The fourth-order valence-electron chi connectivity index (χ4n) is 2.38. The van der Waals surface area contributed by atoms with Gasteiger partial charge in [-0.25, -0.2) is 0 Å². The van der Waals surface area contributed by atoms with Crippen molar-refractivity contribution in [2.45, 2.75) is 50.7 Å². The first-order valence-corrected chi connectivity index (χ1v) is 6.44. The molecule has 0 aromatic rings. The number of hydrogen-bond donors (Lipinski definition) is 2. The van der Waals surface area contributed by atoms with Gasteiger partial charge >= 0.3 is 0 Å². The van der Waals surface area contributed by atoms with E-state index < -0.39 is 0 Å². The van der Waals surface area contributed by atoms with E-state index in [-0.39, 0.29) is 5.54 Å². The van der Waals surface area contributed by atoms with Crippen molar-refractivity contribution in [3.63, 3.8) is 0 Å². The minimum absolute atomic E-state index is 0.0983. The lowest BCUT2D eigenvalue weighted by atomic mass is 9.85. The molecule has 1 aliphatic rings. The SMILES string of the molecule is C=CCCNC1(CN)CCOC(CCC)C1. The maximum absolute atomic E-state index is 5.93. The molecule has 1 fully saturated rings. The van der Waals surface area contributed by atoms with E-state index in [0.717, 1.165) is 38.8 Å². The van der Waals surface area contributed by atoms with Crippen LogP contribution in [0.5, 0.6) is 0 Å². The lowest BCUT2D eigenvalue weighted by molar-refractivity contribution is -0.0303. The molecule has 0 radical (unpaired) electrons. The second kappa shape index (κ2) is 7.05. The zero-order chi connectivity index (χ0) is 11.9. The lowest BCUT2D eigenvalue weighted by Gasteiger charge is -2.41. The fraction of sp³-hybridized carbons (Fsp3) is 0.846. The Balaban J connectivity index is 2.46. The summed E-state index contributed by atoms with van der Waals surface area (Å²) in [6, 6.07) is 0. The molecule has 1 aliphatic heterocycles. The molecule has 0 saturated carbocycles. The van der Waals surface area contributed by atoms with E-state index in [9.17, 15) is 0 Å². The van der Waals surface area contributed by atoms with Crippen molar-refractivity contribution >= 4 is 0 Å². The summed E-state index contributed by atoms with van der Waals surface area (Å²) in [5.41, 5.74) is 6.03. The second-order valence-corrected chi connectivity index (χ2v) is 4.72. The van der Waals surface area contributed by atoms with E-state index in [4.69, 9.17) is 10.5 Å². The smallest absolute Gasteiger partial charge is 0.0593 e. The Bertz CT molecular complexity index is 206. The summed E-state index contributed by atoms with van der Waals surface area (Å²) < 4.78 is 5.77. The Labute approximate surface area is 99.4 Å². The number of hydrogen-bond acceptors (Lipinski definition) is 3. The maximum Gasteiger partial charge on any atom is 0.0593 e. The van der Waals surface area contributed by atoms with Crippen molar-refractivity contribution in [3.8, 4) is 0 Å². The molecule has 0 aliphatic carbocycles. The van der Waals surface area contributed by atoms with Gasteiger partial charge in [-0.3, -0.25) is 0 Å². The van der Waals surface area contributed by atoms with Crippen molar-refractivity contribution in [3.05, 3.63) is 12.7 Å². The summed E-state index contributed by atoms with van der Waals surface area (Å²) in [7, 11) is 0. The van der Waals surface area contributed by atoms with Gasteiger partial charge in [-0.1, -0.05) is 19.4 Å². The summed E-state index contributed by atoms with van der Waals surface area (Å²) in [5.74, 6) is 0. The van der Waals surface area contributed by atoms with Crippen molar-refractivity contribution in [2.75, 3.05) is 19.7 Å². The van der Waals surface area contributed by atoms with E-state index in [1.54, 1.807) is 0 Å². The van der Waals surface area contributed by atoms with Crippen LogP contribution in [0.2, 0.25) is 0 Å². The van der Waals surface area contributed by atoms with Crippen LogP contribution in [0, 0.1) is 0 Å². The van der Waals surface area contributed by atoms with Crippen LogP contribution in [0.3, 0.4) is 0 Å². The molecular formula is C13H26N2O. The lowest BCUT2D eigenvalue weighted by Crippen LogP contribution is -2.56. The van der Waals surface area contributed by atoms with Crippen LogP contribution in [-0.4, -0.2) is 31.3 Å². The van der Waals surface area contributed by atoms with Gasteiger partial charge in [-0.15, -0.1) is 6.58 Å². The van der Waals surface area contributed by atoms with Crippen LogP contribution >= 0.6 is 0 Å². The molecule has 1 rings (SSSR count). The van der Waals surface area contributed by atoms with E-state index in [2.05, 4.69) is 18.8 Å². The van der Waals surface area contributed by atoms with E-state index in [1.165, 1.54) is 6.42 Å². The highest BCUT2D eigenvalue weighted by molar-refractivity contribution is 4.94. The molecule has 16 heavy (non-hydrogen) atoms. The van der Waals surface area contributed by atoms with E-state index in [0.29, 0.717) is 12.6 Å². The van der Waals surface area contributed by atoms with Crippen molar-refractivity contribution in [1.29, 1.82) is 0 Å². The summed E-state index contributed by atoms with van der Waals surface area (Å²) in [4.78, 5) is 0. The van der Waals surface area contributed by atoms with Crippen molar-refractivity contribution < 1.29 is 4.74 Å². The Kier molecular flexibility index (Phi) is 6.03. The standard InChI is InChI=1S/C13H26N2O/c1-3-5-8-15-13(11-14)7-9-16-12(10-13)6-4-2/h3,12,15H,1,4-11,14H2,2H3. The van der Waals surface area contributed by atoms with E-state index >= 15 is 0 Å². The third kappa shape index (κ3) is 3.89. The quantitative estimate of drug-likeness (QED) is 0.514. The number of ether oxygens (including phenoxy) is 1. The average molecular weight is 226 g/mol. The van der Waals surface area contributed by atoms with Gasteiger partial charge < -0.3 is 15.8 Å². The van der Waals surface area contributed by atoms with Gasteiger partial charge in [0.25, 0.3) is 0 Å².